The van der Waals surface area contributed by atoms with E-state index in [4.69, 9.17) is 4.74 Å². The summed E-state index contributed by atoms with van der Waals surface area (Å²) in [5.41, 5.74) is 3.44. The molecule has 0 saturated carbocycles. The van der Waals surface area contributed by atoms with Crippen molar-refractivity contribution >= 4 is 17.4 Å². The number of halogens is 1. The number of ether oxygens (including phenoxy) is 1. The van der Waals surface area contributed by atoms with Crippen LogP contribution < -0.4 is 15.5 Å². The molecular formula is C26H29FN4O3. The highest BCUT2D eigenvalue weighted by Crippen LogP contribution is 2.32. The smallest absolute Gasteiger partial charge is 0.251 e. The molecule has 7 nitrogen and oxygen atoms in total. The number of anilines is 1. The van der Waals surface area contributed by atoms with Gasteiger partial charge < -0.3 is 20.3 Å². The van der Waals surface area contributed by atoms with Crippen LogP contribution in [0, 0.1) is 17.1 Å². The maximum atomic E-state index is 15.0. The minimum absolute atomic E-state index is 0.0524. The number of hydrogen-bond acceptors (Lipinski definition) is 6. The fourth-order valence-corrected chi connectivity index (χ4v) is 4.42. The number of amides is 1. The summed E-state index contributed by atoms with van der Waals surface area (Å²) in [6, 6.07) is 11.6. The van der Waals surface area contributed by atoms with Crippen LogP contribution in [0.4, 0.5) is 10.1 Å². The third-order valence-corrected chi connectivity index (χ3v) is 6.35. The van der Waals surface area contributed by atoms with E-state index in [9.17, 15) is 14.9 Å². The van der Waals surface area contributed by atoms with Crippen molar-refractivity contribution in [1.82, 2.24) is 10.6 Å². The standard InChI is InChI=1S/C26H29FN4O3/c1-2-31-10-8-24(32)21-7-6-18(14-23(21)31)17-4-5-19(22(27)13-17)12-20(15-28)30-26(33)25-16-29-9-3-11-34-25/h4-7,13-14,20,25,29H,2-3,8-12,16H2,1H3,(H,30,33)/t20-,25-/m0/s1. The predicted molar refractivity (Wildman–Crippen MR) is 127 cm³/mol. The molecule has 1 fully saturated rings. The van der Waals surface area contributed by atoms with Crippen molar-refractivity contribution in [1.29, 1.82) is 5.26 Å². The fraction of sp³-hybridized carbons (Fsp3) is 0.423. The number of carbonyl (C=O) groups excluding carboxylic acids is 2. The highest BCUT2D eigenvalue weighted by Gasteiger charge is 2.25. The van der Waals surface area contributed by atoms with Crippen LogP contribution in [-0.4, -0.2) is 56.6 Å². The molecule has 2 aromatic carbocycles. The summed E-state index contributed by atoms with van der Waals surface area (Å²) in [7, 11) is 0. The first-order valence-corrected chi connectivity index (χ1v) is 11.7. The van der Waals surface area contributed by atoms with Crippen LogP contribution in [0.25, 0.3) is 11.1 Å². The Morgan fingerprint density at radius 1 is 1.32 bits per heavy atom. The number of hydrogen-bond donors (Lipinski definition) is 2. The van der Waals surface area contributed by atoms with Gasteiger partial charge in [-0.05, 0) is 54.8 Å². The lowest BCUT2D eigenvalue weighted by atomic mass is 9.94. The zero-order chi connectivity index (χ0) is 24.1. The molecule has 34 heavy (non-hydrogen) atoms. The first kappa shape index (κ1) is 23.9. The van der Waals surface area contributed by atoms with Crippen molar-refractivity contribution in [2.24, 2.45) is 0 Å². The Balaban J connectivity index is 1.48. The molecule has 0 radical (unpaired) electrons. The Kier molecular flexibility index (Phi) is 7.56. The molecule has 2 aliphatic rings. The monoisotopic (exact) mass is 464 g/mol. The average Bonchev–Trinajstić information content (AvgIpc) is 3.14. The van der Waals surface area contributed by atoms with E-state index in [0.717, 1.165) is 30.8 Å². The van der Waals surface area contributed by atoms with Gasteiger partial charge in [-0.1, -0.05) is 18.2 Å². The molecule has 0 bridgehead atoms. The van der Waals surface area contributed by atoms with Gasteiger partial charge in [-0.15, -0.1) is 0 Å². The zero-order valence-electron chi connectivity index (χ0n) is 19.3. The van der Waals surface area contributed by atoms with Crippen LogP contribution in [0.2, 0.25) is 0 Å². The van der Waals surface area contributed by atoms with Crippen LogP contribution >= 0.6 is 0 Å². The minimum atomic E-state index is -0.868. The van der Waals surface area contributed by atoms with Gasteiger partial charge in [-0.2, -0.15) is 5.26 Å². The summed E-state index contributed by atoms with van der Waals surface area (Å²) in [5, 5.41) is 15.3. The molecule has 2 heterocycles. The van der Waals surface area contributed by atoms with Gasteiger partial charge in [0.15, 0.2) is 5.78 Å². The third-order valence-electron chi connectivity index (χ3n) is 6.35. The van der Waals surface area contributed by atoms with Crippen molar-refractivity contribution in [3.8, 4) is 17.2 Å². The third kappa shape index (κ3) is 5.27. The van der Waals surface area contributed by atoms with E-state index >= 15 is 4.39 Å². The van der Waals surface area contributed by atoms with Crippen molar-refractivity contribution in [2.75, 3.05) is 37.7 Å². The maximum absolute atomic E-state index is 15.0. The molecule has 0 spiro atoms. The van der Waals surface area contributed by atoms with Crippen molar-refractivity contribution < 1.29 is 18.7 Å². The average molecular weight is 465 g/mol. The number of nitriles is 1. The van der Waals surface area contributed by atoms with Crippen LogP contribution in [0.5, 0.6) is 0 Å². The number of nitrogens with one attached hydrogen (secondary N) is 2. The number of benzene rings is 2. The van der Waals surface area contributed by atoms with E-state index < -0.39 is 18.0 Å². The first-order valence-electron chi connectivity index (χ1n) is 11.7. The number of rotatable bonds is 6. The first-order chi connectivity index (χ1) is 16.5. The lowest BCUT2D eigenvalue weighted by molar-refractivity contribution is -0.132. The highest BCUT2D eigenvalue weighted by molar-refractivity contribution is 6.04. The largest absolute Gasteiger partial charge is 0.371 e. The molecule has 2 aromatic rings. The van der Waals surface area contributed by atoms with E-state index in [0.29, 0.717) is 42.8 Å². The van der Waals surface area contributed by atoms with E-state index in [-0.39, 0.29) is 18.1 Å². The molecule has 0 aliphatic carbocycles. The number of carbonyl (C=O) groups is 2. The van der Waals surface area contributed by atoms with Gasteiger partial charge in [0.05, 0.1) is 6.07 Å². The molecule has 1 amide bonds. The number of fused-ring (bicyclic) bond motifs is 1. The van der Waals surface area contributed by atoms with Gasteiger partial charge in [-0.25, -0.2) is 4.39 Å². The second-order valence-corrected chi connectivity index (χ2v) is 8.60. The summed E-state index contributed by atoms with van der Waals surface area (Å²) in [4.78, 5) is 26.9. The molecular weight excluding hydrogens is 435 g/mol. The Bertz CT molecular complexity index is 1110. The Morgan fingerprint density at radius 2 is 2.12 bits per heavy atom. The number of nitrogens with zero attached hydrogens (tertiary/aromatic N) is 2. The Morgan fingerprint density at radius 3 is 2.88 bits per heavy atom. The lowest BCUT2D eigenvalue weighted by Gasteiger charge is -2.29. The Labute approximate surface area is 198 Å². The molecule has 4 rings (SSSR count). The minimum Gasteiger partial charge on any atom is -0.371 e. The summed E-state index contributed by atoms with van der Waals surface area (Å²) < 4.78 is 20.5. The zero-order valence-corrected chi connectivity index (χ0v) is 19.3. The van der Waals surface area contributed by atoms with Crippen LogP contribution in [0.1, 0.15) is 35.7 Å². The second-order valence-electron chi connectivity index (χ2n) is 8.60. The molecule has 0 unspecified atom stereocenters. The normalized spacial score (nSPS) is 19.0. The van der Waals surface area contributed by atoms with Crippen molar-refractivity contribution in [3.05, 3.63) is 53.3 Å². The molecule has 178 valence electrons. The van der Waals surface area contributed by atoms with Gasteiger partial charge in [0.1, 0.15) is 18.0 Å². The van der Waals surface area contributed by atoms with Gasteiger partial charge in [0, 0.05) is 50.3 Å². The number of Topliss-reactive ketones (excluding diaryl/α,β-unsaturated/α-hetero) is 1. The Hall–Kier alpha value is -3.28. The van der Waals surface area contributed by atoms with E-state index in [1.807, 2.05) is 31.2 Å². The van der Waals surface area contributed by atoms with Gasteiger partial charge in [0.2, 0.25) is 0 Å². The van der Waals surface area contributed by atoms with Crippen molar-refractivity contribution in [3.63, 3.8) is 0 Å². The molecule has 8 heteroatoms. The van der Waals surface area contributed by atoms with E-state index in [2.05, 4.69) is 15.5 Å². The topological polar surface area (TPSA) is 94.5 Å². The molecule has 0 aromatic heterocycles. The van der Waals surface area contributed by atoms with E-state index in [1.165, 1.54) is 6.07 Å². The predicted octanol–water partition coefficient (Wildman–Crippen LogP) is 2.83. The summed E-state index contributed by atoms with van der Waals surface area (Å²) in [5.74, 6) is -0.690. The maximum Gasteiger partial charge on any atom is 0.251 e. The molecule has 1 saturated heterocycles. The summed E-state index contributed by atoms with van der Waals surface area (Å²) >= 11 is 0. The molecule has 2 N–H and O–H groups in total. The molecule has 2 aliphatic heterocycles. The number of ketones is 1. The fourth-order valence-electron chi connectivity index (χ4n) is 4.42. The van der Waals surface area contributed by atoms with Gasteiger partial charge in [0.25, 0.3) is 5.91 Å². The summed E-state index contributed by atoms with van der Waals surface area (Å²) in [6.45, 7) is 5.16. The van der Waals surface area contributed by atoms with E-state index in [1.54, 1.807) is 12.1 Å². The SMILES string of the molecule is CCN1CCC(=O)c2ccc(-c3ccc(C[C@@H](C#N)NC(=O)[C@@H]4CNCCCO4)c(F)c3)cc21. The van der Waals surface area contributed by atoms with Crippen molar-refractivity contribution in [2.45, 2.75) is 38.3 Å². The lowest BCUT2D eigenvalue weighted by Crippen LogP contribution is -2.46. The van der Waals surface area contributed by atoms with Gasteiger partial charge >= 0.3 is 0 Å². The highest BCUT2D eigenvalue weighted by atomic mass is 19.1. The van der Waals surface area contributed by atoms with Crippen LogP contribution in [0.15, 0.2) is 36.4 Å². The quantitative estimate of drug-likeness (QED) is 0.683. The second kappa shape index (κ2) is 10.8. The van der Waals surface area contributed by atoms with Crippen LogP contribution in [-0.2, 0) is 16.0 Å². The van der Waals surface area contributed by atoms with Crippen LogP contribution in [0.3, 0.4) is 0 Å². The molecule has 2 atom stereocenters. The van der Waals surface area contributed by atoms with Gasteiger partial charge in [-0.3, -0.25) is 9.59 Å². The summed E-state index contributed by atoms with van der Waals surface area (Å²) in [6.07, 6.45) is 0.712.